The van der Waals surface area contributed by atoms with Crippen LogP contribution in [-0.2, 0) is 9.53 Å². The van der Waals surface area contributed by atoms with Crippen molar-refractivity contribution >= 4 is 39.3 Å². The number of hydrogen-bond donors (Lipinski definition) is 5. The summed E-state index contributed by atoms with van der Waals surface area (Å²) in [6.07, 6.45) is -3.81. The Hall–Kier alpha value is -3.30. The van der Waals surface area contributed by atoms with E-state index in [1.165, 1.54) is 17.0 Å². The molecule has 9 nitrogen and oxygen atoms in total. The van der Waals surface area contributed by atoms with Gasteiger partial charge in [-0.2, -0.15) is 5.26 Å². The lowest BCUT2D eigenvalue weighted by Gasteiger charge is -2.40. The van der Waals surface area contributed by atoms with Gasteiger partial charge in [0.15, 0.2) is 6.29 Å². The molecule has 10 heteroatoms. The fourth-order valence-corrected chi connectivity index (χ4v) is 6.10. The van der Waals surface area contributed by atoms with Gasteiger partial charge in [0.25, 0.3) is 5.91 Å². The van der Waals surface area contributed by atoms with Crippen LogP contribution in [0.25, 0.3) is 26.8 Å². The van der Waals surface area contributed by atoms with Crippen molar-refractivity contribution < 1.29 is 30.0 Å². The molecule has 1 saturated heterocycles. The van der Waals surface area contributed by atoms with Gasteiger partial charge in [0.05, 0.1) is 6.61 Å². The van der Waals surface area contributed by atoms with Gasteiger partial charge in [0, 0.05) is 28.5 Å². The number of anilines is 1. The summed E-state index contributed by atoms with van der Waals surface area (Å²) in [6, 6.07) is 17.2. The summed E-state index contributed by atoms with van der Waals surface area (Å²) in [7, 11) is 0. The zero-order valence-corrected chi connectivity index (χ0v) is 24.3. The minimum absolute atomic E-state index is 0.189. The highest BCUT2D eigenvalue weighted by Crippen LogP contribution is 2.35. The van der Waals surface area contributed by atoms with Crippen molar-refractivity contribution in [3.63, 3.8) is 0 Å². The maximum Gasteiger partial charge on any atom is 0.262 e. The molecule has 1 fully saturated rings. The number of hydrogen-bond acceptors (Lipinski definition) is 9. The minimum Gasteiger partial charge on any atom is -0.394 e. The molecule has 3 aromatic rings. The van der Waals surface area contributed by atoms with E-state index in [9.17, 15) is 30.5 Å². The molecule has 2 aromatic carbocycles. The molecule has 0 radical (unpaired) electrons. The SMILES string of the molecule is CCCN(CCC)c1ccc2cc(-c3ccc(/C(C)=C(\C#N)C(=O)N[C@H]4C(O)O[C@H](CO)[C@@H](O)[C@@H]4O)s3)ccc2c1. The van der Waals surface area contributed by atoms with Crippen LogP contribution >= 0.6 is 11.3 Å². The molecule has 1 amide bonds. The highest BCUT2D eigenvalue weighted by molar-refractivity contribution is 7.16. The third-order valence-electron chi connectivity index (χ3n) is 7.35. The molecule has 1 aliphatic heterocycles. The largest absolute Gasteiger partial charge is 0.394 e. The number of benzene rings is 2. The molecule has 41 heavy (non-hydrogen) atoms. The topological polar surface area (TPSA) is 146 Å². The number of aliphatic hydroxyl groups is 4. The number of carbonyl (C=O) groups is 1. The van der Waals surface area contributed by atoms with Crippen LogP contribution in [0.3, 0.4) is 0 Å². The normalized spacial score (nSPS) is 23.1. The van der Waals surface area contributed by atoms with Crippen molar-refractivity contribution in [1.82, 2.24) is 5.32 Å². The average molecular weight is 580 g/mol. The highest BCUT2D eigenvalue weighted by atomic mass is 32.1. The maximum atomic E-state index is 13.0. The number of nitrogens with one attached hydrogen (secondary N) is 1. The number of thiophene rings is 1. The first-order valence-electron chi connectivity index (χ1n) is 13.8. The Kier molecular flexibility index (Phi) is 10.1. The molecule has 4 rings (SSSR count). The van der Waals surface area contributed by atoms with E-state index in [4.69, 9.17) is 4.74 Å². The first-order valence-corrected chi connectivity index (χ1v) is 14.7. The molecule has 0 saturated carbocycles. The molecule has 0 aliphatic carbocycles. The van der Waals surface area contributed by atoms with Crippen LogP contribution in [0.4, 0.5) is 5.69 Å². The molecule has 218 valence electrons. The smallest absolute Gasteiger partial charge is 0.262 e. The van der Waals surface area contributed by atoms with Gasteiger partial charge in [0.1, 0.15) is 36.0 Å². The van der Waals surface area contributed by atoms with Gasteiger partial charge in [-0.3, -0.25) is 4.79 Å². The Balaban J connectivity index is 1.54. The summed E-state index contributed by atoms with van der Waals surface area (Å²) < 4.78 is 5.09. The van der Waals surface area contributed by atoms with Crippen LogP contribution in [0, 0.1) is 11.3 Å². The summed E-state index contributed by atoms with van der Waals surface area (Å²) in [5.74, 6) is -0.817. The number of allylic oxidation sites excluding steroid dienone is 1. The number of nitriles is 1. The zero-order chi connectivity index (χ0) is 29.7. The lowest BCUT2D eigenvalue weighted by atomic mass is 9.96. The fourth-order valence-electron chi connectivity index (χ4n) is 5.09. The Bertz CT molecular complexity index is 1440. The highest BCUT2D eigenvalue weighted by Gasteiger charge is 2.44. The molecule has 2 heterocycles. The number of rotatable bonds is 10. The summed E-state index contributed by atoms with van der Waals surface area (Å²) >= 11 is 1.45. The molecular formula is C31H37N3O6S. The average Bonchev–Trinajstić information content (AvgIpc) is 3.47. The molecule has 1 unspecified atom stereocenters. The van der Waals surface area contributed by atoms with Gasteiger partial charge in [-0.15, -0.1) is 11.3 Å². The first-order chi connectivity index (χ1) is 19.7. The fraction of sp³-hybridized carbons (Fsp3) is 0.419. The van der Waals surface area contributed by atoms with Crippen molar-refractivity contribution in [3.05, 3.63) is 59.0 Å². The first kappa shape index (κ1) is 30.7. The molecule has 1 aromatic heterocycles. The van der Waals surface area contributed by atoms with Crippen molar-refractivity contribution in [2.24, 2.45) is 0 Å². The standard InChI is InChI=1S/C31H37N3O6S/c1-4-12-34(13-5-2)22-9-8-19-14-21(7-6-20(19)15-22)26-11-10-25(41-26)18(3)23(16-32)30(38)33-27-29(37)28(36)24(17-35)40-31(27)39/h6-11,14-15,24,27-29,31,35-37,39H,4-5,12-13,17H2,1-3H3,(H,33,38)/b23-18+/t24-,27-,28-,29-,31?/m1/s1. The van der Waals surface area contributed by atoms with E-state index >= 15 is 0 Å². The monoisotopic (exact) mass is 579 g/mol. The van der Waals surface area contributed by atoms with E-state index < -0.39 is 43.2 Å². The number of fused-ring (bicyclic) bond motifs is 1. The van der Waals surface area contributed by atoms with E-state index in [0.717, 1.165) is 52.0 Å². The van der Waals surface area contributed by atoms with Crippen LogP contribution in [0.2, 0.25) is 0 Å². The van der Waals surface area contributed by atoms with Gasteiger partial charge in [0.2, 0.25) is 0 Å². The number of ether oxygens (including phenoxy) is 1. The van der Waals surface area contributed by atoms with Crippen molar-refractivity contribution in [1.29, 1.82) is 5.26 Å². The summed E-state index contributed by atoms with van der Waals surface area (Å²) in [4.78, 5) is 17.1. The lowest BCUT2D eigenvalue weighted by Crippen LogP contribution is -2.64. The summed E-state index contributed by atoms with van der Waals surface area (Å²) in [6.45, 7) is 7.46. The summed E-state index contributed by atoms with van der Waals surface area (Å²) in [5.41, 5.74) is 2.49. The van der Waals surface area contributed by atoms with Crippen LogP contribution in [0.15, 0.2) is 54.1 Å². The van der Waals surface area contributed by atoms with E-state index in [2.05, 4.69) is 60.5 Å². The zero-order valence-electron chi connectivity index (χ0n) is 23.4. The van der Waals surface area contributed by atoms with Crippen molar-refractivity contribution in [2.45, 2.75) is 64.3 Å². The quantitative estimate of drug-likeness (QED) is 0.181. The number of nitrogens with zero attached hydrogens (tertiary/aromatic N) is 2. The van der Waals surface area contributed by atoms with Gasteiger partial charge in [-0.25, -0.2) is 0 Å². The van der Waals surface area contributed by atoms with Gasteiger partial charge in [-0.05, 0) is 72.0 Å². The van der Waals surface area contributed by atoms with E-state index in [-0.39, 0.29) is 5.57 Å². The van der Waals surface area contributed by atoms with Gasteiger partial charge >= 0.3 is 0 Å². The Morgan fingerprint density at radius 3 is 2.37 bits per heavy atom. The third kappa shape index (κ3) is 6.62. The van der Waals surface area contributed by atoms with E-state index in [0.29, 0.717) is 5.57 Å². The Morgan fingerprint density at radius 1 is 1.02 bits per heavy atom. The Morgan fingerprint density at radius 2 is 1.71 bits per heavy atom. The minimum atomic E-state index is -1.67. The van der Waals surface area contributed by atoms with Crippen LogP contribution in [-0.4, -0.2) is 76.7 Å². The van der Waals surface area contributed by atoms with Crippen molar-refractivity contribution in [3.8, 4) is 16.5 Å². The molecule has 0 bridgehead atoms. The van der Waals surface area contributed by atoms with E-state index in [1.807, 2.05) is 18.2 Å². The second-order valence-electron chi connectivity index (χ2n) is 10.2. The predicted octanol–water partition coefficient (Wildman–Crippen LogP) is 3.41. The third-order valence-corrected chi connectivity index (χ3v) is 8.60. The van der Waals surface area contributed by atoms with Crippen molar-refractivity contribution in [2.75, 3.05) is 24.6 Å². The molecule has 0 spiro atoms. The lowest BCUT2D eigenvalue weighted by molar-refractivity contribution is -0.253. The number of carbonyl (C=O) groups excluding carboxylic acids is 1. The second kappa shape index (κ2) is 13.6. The van der Waals surface area contributed by atoms with E-state index in [1.54, 1.807) is 6.92 Å². The number of amides is 1. The van der Waals surface area contributed by atoms with Crippen LogP contribution in [0.1, 0.15) is 38.5 Å². The number of aliphatic hydroxyl groups excluding tert-OH is 4. The van der Waals surface area contributed by atoms with Crippen LogP contribution < -0.4 is 10.2 Å². The molecule has 1 aliphatic rings. The predicted molar refractivity (Wildman–Crippen MR) is 160 cm³/mol. The summed E-state index contributed by atoms with van der Waals surface area (Å²) in [5, 5.41) is 54.4. The Labute approximate surface area is 243 Å². The molecular weight excluding hydrogens is 542 g/mol. The van der Waals surface area contributed by atoms with Crippen LogP contribution in [0.5, 0.6) is 0 Å². The molecule has 5 N–H and O–H groups in total. The maximum absolute atomic E-state index is 13.0. The van der Waals surface area contributed by atoms with Gasteiger partial charge in [-0.1, -0.05) is 32.0 Å². The van der Waals surface area contributed by atoms with Gasteiger partial charge < -0.3 is 35.4 Å². The molecule has 5 atom stereocenters. The second-order valence-corrected chi connectivity index (χ2v) is 11.3.